The Morgan fingerprint density at radius 1 is 1.06 bits per heavy atom. The van der Waals surface area contributed by atoms with Crippen LogP contribution >= 0.6 is 0 Å². The van der Waals surface area contributed by atoms with Gasteiger partial charge in [-0.05, 0) is 88.7 Å². The summed E-state index contributed by atoms with van der Waals surface area (Å²) >= 11 is 0. The van der Waals surface area contributed by atoms with Crippen molar-refractivity contribution in [2.24, 2.45) is 0 Å². The highest BCUT2D eigenvalue weighted by Crippen LogP contribution is 2.32. The molecule has 6 rings (SSSR count). The molecule has 8 heteroatoms. The topological polar surface area (TPSA) is 92.8 Å². The Hall–Kier alpha value is -4.04. The molecule has 2 aromatic carbocycles. The molecule has 8 nitrogen and oxygen atoms in total. The molecule has 0 unspecified atom stereocenters. The highest BCUT2D eigenvalue weighted by molar-refractivity contribution is 5.81. The molecule has 1 N–H and O–H groups in total. The van der Waals surface area contributed by atoms with Crippen molar-refractivity contribution < 1.29 is 4.42 Å². The number of H-pyrrole nitrogens is 1. The van der Waals surface area contributed by atoms with E-state index in [9.17, 15) is 4.79 Å². The average molecular weight is 467 g/mol. The molecule has 4 heterocycles. The fourth-order valence-corrected chi connectivity index (χ4v) is 5.00. The van der Waals surface area contributed by atoms with Crippen molar-refractivity contribution in [3.05, 3.63) is 111 Å². The number of pyridine rings is 1. The van der Waals surface area contributed by atoms with Crippen molar-refractivity contribution in [3.63, 3.8) is 0 Å². The van der Waals surface area contributed by atoms with Gasteiger partial charge in [0.15, 0.2) is 5.82 Å². The van der Waals surface area contributed by atoms with Gasteiger partial charge < -0.3 is 9.40 Å². The van der Waals surface area contributed by atoms with E-state index >= 15 is 0 Å². The minimum atomic E-state index is -0.414. The van der Waals surface area contributed by atoms with Crippen LogP contribution in [0.4, 0.5) is 0 Å². The van der Waals surface area contributed by atoms with Gasteiger partial charge in [-0.15, -0.1) is 5.10 Å². The first-order valence-corrected chi connectivity index (χ1v) is 11.8. The second-order valence-electron chi connectivity index (χ2n) is 9.24. The lowest BCUT2D eigenvalue weighted by Gasteiger charge is -2.34. The van der Waals surface area contributed by atoms with E-state index in [0.29, 0.717) is 24.5 Å². The molecule has 1 atom stereocenters. The van der Waals surface area contributed by atoms with Crippen LogP contribution in [0.2, 0.25) is 0 Å². The monoisotopic (exact) mass is 466 g/mol. The number of aryl methyl sites for hydroxylation is 2. The third kappa shape index (κ3) is 3.95. The summed E-state index contributed by atoms with van der Waals surface area (Å²) in [7, 11) is 0. The normalized spacial score (nSPS) is 14.8. The van der Waals surface area contributed by atoms with Crippen LogP contribution in [0.15, 0.2) is 70.1 Å². The summed E-state index contributed by atoms with van der Waals surface area (Å²) in [4.78, 5) is 18.9. The van der Waals surface area contributed by atoms with Crippen LogP contribution < -0.4 is 5.56 Å². The van der Waals surface area contributed by atoms with Gasteiger partial charge in [-0.25, -0.2) is 4.68 Å². The minimum absolute atomic E-state index is 0.128. The molecule has 0 saturated heterocycles. The van der Waals surface area contributed by atoms with E-state index in [1.807, 2.05) is 24.3 Å². The van der Waals surface area contributed by atoms with Crippen LogP contribution in [-0.2, 0) is 19.5 Å². The summed E-state index contributed by atoms with van der Waals surface area (Å²) in [6.45, 7) is 6.03. The van der Waals surface area contributed by atoms with Gasteiger partial charge in [0.2, 0.25) is 0 Å². The van der Waals surface area contributed by atoms with E-state index in [2.05, 4.69) is 69.6 Å². The summed E-state index contributed by atoms with van der Waals surface area (Å²) < 4.78 is 7.28. The summed E-state index contributed by atoms with van der Waals surface area (Å²) in [6.07, 6.45) is 2.53. The van der Waals surface area contributed by atoms with Gasteiger partial charge >= 0.3 is 0 Å². The summed E-state index contributed by atoms with van der Waals surface area (Å²) in [6, 6.07) is 17.9. The number of nitrogens with one attached hydrogen (secondary N) is 1. The van der Waals surface area contributed by atoms with Gasteiger partial charge in [0.1, 0.15) is 18.3 Å². The number of hydrogen-bond donors (Lipinski definition) is 1. The summed E-state index contributed by atoms with van der Waals surface area (Å²) in [5.74, 6) is 1.37. The first-order valence-electron chi connectivity index (χ1n) is 11.8. The van der Waals surface area contributed by atoms with Gasteiger partial charge in [-0.2, -0.15) is 0 Å². The van der Waals surface area contributed by atoms with Crippen molar-refractivity contribution in [2.75, 3.05) is 6.54 Å². The lowest BCUT2D eigenvalue weighted by Crippen LogP contribution is -2.38. The highest BCUT2D eigenvalue weighted by Gasteiger charge is 2.32. The number of hydrogen-bond acceptors (Lipinski definition) is 6. The van der Waals surface area contributed by atoms with E-state index in [0.717, 1.165) is 35.2 Å². The Bertz CT molecular complexity index is 1570. The Kier molecular flexibility index (Phi) is 5.30. The quantitative estimate of drug-likeness (QED) is 0.422. The lowest BCUT2D eigenvalue weighted by molar-refractivity contribution is 0.193. The van der Waals surface area contributed by atoms with E-state index in [4.69, 9.17) is 4.42 Å². The molecule has 1 aliphatic heterocycles. The summed E-state index contributed by atoms with van der Waals surface area (Å²) in [5.41, 5.74) is 6.27. The molecule has 0 bridgehead atoms. The van der Waals surface area contributed by atoms with Crippen molar-refractivity contribution >= 4 is 10.9 Å². The van der Waals surface area contributed by atoms with Crippen LogP contribution in [0.5, 0.6) is 0 Å². The maximum atomic E-state index is 13.5. The number of benzene rings is 2. The van der Waals surface area contributed by atoms with Crippen LogP contribution in [0.3, 0.4) is 0 Å². The Labute approximate surface area is 202 Å². The van der Waals surface area contributed by atoms with Crippen molar-refractivity contribution in [1.82, 2.24) is 30.1 Å². The number of tetrazole rings is 1. The largest absolute Gasteiger partial charge is 0.467 e. The zero-order valence-electron chi connectivity index (χ0n) is 19.7. The molecule has 1 aliphatic rings. The van der Waals surface area contributed by atoms with Crippen LogP contribution in [-0.4, -0.2) is 36.6 Å². The van der Waals surface area contributed by atoms with Gasteiger partial charge in [-0.3, -0.25) is 9.69 Å². The van der Waals surface area contributed by atoms with E-state index in [1.54, 1.807) is 10.9 Å². The molecule has 0 saturated carbocycles. The predicted molar refractivity (Wildman–Crippen MR) is 132 cm³/mol. The smallest absolute Gasteiger partial charge is 0.253 e. The van der Waals surface area contributed by atoms with Crippen molar-refractivity contribution in [3.8, 4) is 0 Å². The molecule has 3 aromatic heterocycles. The maximum absolute atomic E-state index is 13.5. The first-order chi connectivity index (χ1) is 17.1. The molecule has 35 heavy (non-hydrogen) atoms. The standard InChI is InChI=1S/C27H26N6O2/c1-17-12-21-14-23(27(34)28-24(21)13-18(17)2)25(32-10-9-19-6-3-4-7-20(19)15-32)26-29-30-31-33(26)16-22-8-5-11-35-22/h3-8,11-14,25H,9-10,15-16H2,1-2H3,(H,28,34)/t25-/m0/s1. The number of aromatic amines is 1. The predicted octanol–water partition coefficient (Wildman–Crippen LogP) is 3.92. The first kappa shape index (κ1) is 21.5. The zero-order chi connectivity index (χ0) is 23.9. The van der Waals surface area contributed by atoms with Crippen LogP contribution in [0.25, 0.3) is 10.9 Å². The number of rotatable bonds is 5. The Morgan fingerprint density at radius 2 is 1.89 bits per heavy atom. The molecule has 5 aromatic rings. The Morgan fingerprint density at radius 3 is 2.71 bits per heavy atom. The van der Waals surface area contributed by atoms with E-state index in [1.165, 1.54) is 16.7 Å². The van der Waals surface area contributed by atoms with Crippen LogP contribution in [0, 0.1) is 13.8 Å². The van der Waals surface area contributed by atoms with E-state index < -0.39 is 6.04 Å². The Balaban J connectivity index is 1.50. The molecule has 0 fully saturated rings. The van der Waals surface area contributed by atoms with Gasteiger partial charge in [0, 0.05) is 24.2 Å². The number of aromatic nitrogens is 5. The zero-order valence-corrected chi connectivity index (χ0v) is 19.7. The van der Waals surface area contributed by atoms with E-state index in [-0.39, 0.29) is 5.56 Å². The number of fused-ring (bicyclic) bond motifs is 2. The SMILES string of the molecule is Cc1cc2cc([C@@H](c3nnnn3Cc3ccco3)N3CCc4ccccc4C3)c(=O)[nH]c2cc1C. The van der Waals surface area contributed by atoms with Gasteiger partial charge in [0.05, 0.1) is 6.26 Å². The molecule has 0 radical (unpaired) electrons. The van der Waals surface area contributed by atoms with Gasteiger partial charge in [-0.1, -0.05) is 24.3 Å². The highest BCUT2D eigenvalue weighted by atomic mass is 16.3. The lowest BCUT2D eigenvalue weighted by atomic mass is 9.95. The molecule has 0 amide bonds. The average Bonchev–Trinajstić information content (AvgIpc) is 3.54. The fourth-order valence-electron chi connectivity index (χ4n) is 5.00. The third-order valence-corrected chi connectivity index (χ3v) is 7.00. The number of nitrogens with zero attached hydrogens (tertiary/aromatic N) is 5. The molecular formula is C27H26N6O2. The van der Waals surface area contributed by atoms with Crippen LogP contribution in [0.1, 0.15) is 45.4 Å². The second kappa shape index (κ2) is 8.63. The number of furan rings is 1. The molecule has 0 aliphatic carbocycles. The second-order valence-corrected chi connectivity index (χ2v) is 9.24. The summed E-state index contributed by atoms with van der Waals surface area (Å²) in [5, 5.41) is 13.7. The molecule has 176 valence electrons. The maximum Gasteiger partial charge on any atom is 0.253 e. The molecular weight excluding hydrogens is 440 g/mol. The van der Waals surface area contributed by atoms with Crippen molar-refractivity contribution in [1.29, 1.82) is 0 Å². The molecule has 0 spiro atoms. The third-order valence-electron chi connectivity index (χ3n) is 7.00. The van der Waals surface area contributed by atoms with Crippen molar-refractivity contribution in [2.45, 2.75) is 39.4 Å². The van der Waals surface area contributed by atoms with Gasteiger partial charge in [0.25, 0.3) is 5.56 Å². The minimum Gasteiger partial charge on any atom is -0.467 e. The fraction of sp³-hybridized carbons (Fsp3) is 0.259.